The van der Waals surface area contributed by atoms with Gasteiger partial charge in [-0.15, -0.1) is 0 Å². The molecule has 0 aliphatic carbocycles. The molecule has 1 rings (SSSR count). The number of carboxylic acids is 3. The molecule has 0 bridgehead atoms. The van der Waals surface area contributed by atoms with Crippen LogP contribution in [0.3, 0.4) is 0 Å². The van der Waals surface area contributed by atoms with Gasteiger partial charge >= 0.3 is 17.9 Å². The molecule has 14 nitrogen and oxygen atoms in total. The van der Waals surface area contributed by atoms with Crippen LogP contribution in [0, 0.1) is 0 Å². The van der Waals surface area contributed by atoms with Gasteiger partial charge < -0.3 is 42.7 Å². The Kier molecular flexibility index (Phi) is 13.3. The molecule has 0 fully saturated rings. The van der Waals surface area contributed by atoms with Gasteiger partial charge in [-0.1, -0.05) is 30.3 Å². The van der Waals surface area contributed by atoms with Crippen LogP contribution in [0.1, 0.15) is 37.7 Å². The average Bonchev–Trinajstić information content (AvgIpc) is 2.82. The van der Waals surface area contributed by atoms with Crippen LogP contribution in [0.25, 0.3) is 0 Å². The maximum absolute atomic E-state index is 13.0. The van der Waals surface area contributed by atoms with Crippen LogP contribution in [0.5, 0.6) is 0 Å². The van der Waals surface area contributed by atoms with Crippen molar-refractivity contribution in [3.63, 3.8) is 0 Å². The minimum absolute atomic E-state index is 0.0233. The van der Waals surface area contributed by atoms with Crippen LogP contribution >= 0.6 is 0 Å². The summed E-state index contributed by atoms with van der Waals surface area (Å²) < 4.78 is 0. The zero-order chi connectivity index (χ0) is 28.0. The van der Waals surface area contributed by atoms with E-state index in [1.54, 1.807) is 30.3 Å². The van der Waals surface area contributed by atoms with Gasteiger partial charge in [0.25, 0.3) is 0 Å². The molecule has 0 radical (unpaired) electrons. The van der Waals surface area contributed by atoms with Crippen molar-refractivity contribution in [1.82, 2.24) is 16.0 Å². The second kappa shape index (κ2) is 15.9. The van der Waals surface area contributed by atoms with Crippen LogP contribution in [0.15, 0.2) is 30.3 Å². The Hall–Kier alpha value is -4.04. The molecule has 0 saturated heterocycles. The van der Waals surface area contributed by atoms with E-state index < -0.39 is 72.6 Å². The van der Waals surface area contributed by atoms with E-state index in [-0.39, 0.29) is 12.8 Å². The number of rotatable bonds is 17. The van der Waals surface area contributed by atoms with Crippen LogP contribution < -0.4 is 27.4 Å². The normalized spacial score (nSPS) is 13.9. The van der Waals surface area contributed by atoms with Crippen LogP contribution in [0.4, 0.5) is 0 Å². The first kappa shape index (κ1) is 31.0. The Morgan fingerprint density at radius 2 is 1.27 bits per heavy atom. The number of hydrogen-bond acceptors (Lipinski definition) is 8. The summed E-state index contributed by atoms with van der Waals surface area (Å²) in [5, 5.41) is 34.3. The quantitative estimate of drug-likeness (QED) is 0.105. The van der Waals surface area contributed by atoms with E-state index in [1.807, 2.05) is 0 Å². The molecular weight excluding hydrogens is 490 g/mol. The third-order valence-corrected chi connectivity index (χ3v) is 5.22. The zero-order valence-corrected chi connectivity index (χ0v) is 20.1. The van der Waals surface area contributed by atoms with Crippen LogP contribution in [0.2, 0.25) is 0 Å². The number of nitrogens with one attached hydrogen (secondary N) is 3. The first-order valence-corrected chi connectivity index (χ1v) is 11.5. The summed E-state index contributed by atoms with van der Waals surface area (Å²) in [7, 11) is 0. The van der Waals surface area contributed by atoms with Crippen molar-refractivity contribution in [2.45, 2.75) is 62.7 Å². The maximum Gasteiger partial charge on any atom is 0.326 e. The molecular formula is C23H33N5O9. The Labute approximate surface area is 212 Å². The van der Waals surface area contributed by atoms with Crippen molar-refractivity contribution < 1.29 is 44.1 Å². The van der Waals surface area contributed by atoms with Crippen molar-refractivity contribution in [2.24, 2.45) is 11.5 Å². The third kappa shape index (κ3) is 12.0. The zero-order valence-electron chi connectivity index (χ0n) is 20.1. The van der Waals surface area contributed by atoms with Crippen molar-refractivity contribution in [3.8, 4) is 0 Å². The van der Waals surface area contributed by atoms with E-state index in [0.717, 1.165) is 0 Å². The monoisotopic (exact) mass is 523 g/mol. The molecule has 0 aliphatic rings. The molecule has 1 aromatic rings. The highest BCUT2D eigenvalue weighted by Crippen LogP contribution is 2.07. The second-order valence-corrected chi connectivity index (χ2v) is 8.30. The topological polar surface area (TPSA) is 251 Å². The van der Waals surface area contributed by atoms with Crippen LogP contribution in [-0.4, -0.2) is 81.7 Å². The third-order valence-electron chi connectivity index (χ3n) is 5.22. The van der Waals surface area contributed by atoms with Gasteiger partial charge in [0.2, 0.25) is 17.7 Å². The fourth-order valence-electron chi connectivity index (χ4n) is 3.30. The number of carboxylic acid groups (broad SMARTS) is 3. The van der Waals surface area contributed by atoms with Gasteiger partial charge in [-0.3, -0.25) is 24.0 Å². The van der Waals surface area contributed by atoms with Gasteiger partial charge in [0, 0.05) is 6.42 Å². The van der Waals surface area contributed by atoms with Crippen molar-refractivity contribution in [2.75, 3.05) is 6.54 Å². The summed E-state index contributed by atoms with van der Waals surface area (Å²) in [6, 6.07) is 2.77. The summed E-state index contributed by atoms with van der Waals surface area (Å²) in [6.45, 7) is 0.299. The molecule has 4 atom stereocenters. The smallest absolute Gasteiger partial charge is 0.326 e. The number of carbonyl (C=O) groups excluding carboxylic acids is 3. The van der Waals surface area contributed by atoms with Crippen molar-refractivity contribution in [1.29, 1.82) is 0 Å². The molecule has 10 N–H and O–H groups in total. The number of nitrogens with two attached hydrogens (primary N) is 2. The van der Waals surface area contributed by atoms with Gasteiger partial charge in [-0.25, -0.2) is 4.79 Å². The van der Waals surface area contributed by atoms with Gasteiger partial charge in [-0.2, -0.15) is 0 Å². The van der Waals surface area contributed by atoms with Gasteiger partial charge in [0.15, 0.2) is 0 Å². The Bertz CT molecular complexity index is 957. The summed E-state index contributed by atoms with van der Waals surface area (Å²) in [5.74, 6) is -7.06. The average molecular weight is 524 g/mol. The summed E-state index contributed by atoms with van der Waals surface area (Å²) in [6.07, 6.45) is -0.727. The Morgan fingerprint density at radius 3 is 1.81 bits per heavy atom. The predicted octanol–water partition coefficient (Wildman–Crippen LogP) is -1.83. The number of hydrogen-bond donors (Lipinski definition) is 8. The second-order valence-electron chi connectivity index (χ2n) is 8.30. The van der Waals surface area contributed by atoms with E-state index in [2.05, 4.69) is 16.0 Å². The summed E-state index contributed by atoms with van der Waals surface area (Å²) >= 11 is 0. The van der Waals surface area contributed by atoms with E-state index >= 15 is 0 Å². The van der Waals surface area contributed by atoms with Crippen molar-refractivity contribution >= 4 is 35.6 Å². The highest BCUT2D eigenvalue weighted by molar-refractivity contribution is 5.96. The standard InChI is InChI=1S/C23H33N5O9/c24-9-5-4-8-15(21(34)28-17(23(36)37)10-13-6-2-1-3-7-13)26-22(35)16(12-19(31)32)27-20(33)14(25)11-18(29)30/h1-3,6-7,14-17H,4-5,8-12,24-25H2,(H,26,35)(H,27,33)(H,28,34)(H,29,30)(H,31,32)(H,36,37). The molecule has 37 heavy (non-hydrogen) atoms. The lowest BCUT2D eigenvalue weighted by Crippen LogP contribution is -2.57. The Balaban J connectivity index is 3.02. The lowest BCUT2D eigenvalue weighted by molar-refractivity contribution is -0.143. The Morgan fingerprint density at radius 1 is 0.730 bits per heavy atom. The molecule has 204 valence electrons. The molecule has 0 spiro atoms. The van der Waals surface area contributed by atoms with Gasteiger partial charge in [0.1, 0.15) is 18.1 Å². The molecule has 4 unspecified atom stereocenters. The van der Waals surface area contributed by atoms with E-state index in [1.165, 1.54) is 0 Å². The first-order chi connectivity index (χ1) is 17.4. The number of carbonyl (C=O) groups is 6. The summed E-state index contributed by atoms with van der Waals surface area (Å²) in [4.78, 5) is 71.8. The maximum atomic E-state index is 13.0. The van der Waals surface area contributed by atoms with E-state index in [9.17, 15) is 33.9 Å². The molecule has 0 aliphatic heterocycles. The lowest BCUT2D eigenvalue weighted by atomic mass is 10.0. The lowest BCUT2D eigenvalue weighted by Gasteiger charge is -2.24. The van der Waals surface area contributed by atoms with Crippen molar-refractivity contribution in [3.05, 3.63) is 35.9 Å². The fraction of sp³-hybridized carbons (Fsp3) is 0.478. The molecule has 0 saturated carbocycles. The highest BCUT2D eigenvalue weighted by Gasteiger charge is 2.31. The largest absolute Gasteiger partial charge is 0.481 e. The van der Waals surface area contributed by atoms with Gasteiger partial charge in [-0.05, 0) is 31.4 Å². The molecule has 1 aromatic carbocycles. The minimum Gasteiger partial charge on any atom is -0.481 e. The first-order valence-electron chi connectivity index (χ1n) is 11.5. The SMILES string of the molecule is NCCCCC(NC(=O)C(CC(=O)O)NC(=O)C(N)CC(=O)O)C(=O)NC(Cc1ccccc1)C(=O)O. The van der Waals surface area contributed by atoms with Gasteiger partial charge in [0.05, 0.1) is 18.9 Å². The molecule has 0 aromatic heterocycles. The number of unbranched alkanes of at least 4 members (excludes halogenated alkanes) is 1. The molecule has 3 amide bonds. The number of benzene rings is 1. The highest BCUT2D eigenvalue weighted by atomic mass is 16.4. The molecule has 0 heterocycles. The van der Waals surface area contributed by atoms with E-state index in [0.29, 0.717) is 24.9 Å². The fourth-order valence-corrected chi connectivity index (χ4v) is 3.30. The van der Waals surface area contributed by atoms with Crippen LogP contribution in [-0.2, 0) is 35.2 Å². The number of amides is 3. The van der Waals surface area contributed by atoms with E-state index in [4.69, 9.17) is 21.7 Å². The summed E-state index contributed by atoms with van der Waals surface area (Å²) in [5.41, 5.74) is 11.6. The minimum atomic E-state index is -1.67. The predicted molar refractivity (Wildman–Crippen MR) is 129 cm³/mol. The number of aliphatic carboxylic acids is 3. The molecule has 14 heteroatoms.